The number of sulfonamides is 1. The number of para-hydroxylation sites is 1. The zero-order valence-electron chi connectivity index (χ0n) is 16.2. The second-order valence-electron chi connectivity index (χ2n) is 6.72. The molecule has 0 bridgehead atoms. The summed E-state index contributed by atoms with van der Waals surface area (Å²) in [7, 11) is -4.03. The first-order chi connectivity index (χ1) is 14.8. The van der Waals surface area contributed by atoms with E-state index in [1.54, 1.807) is 43.3 Å². The second kappa shape index (κ2) is 7.65. The maximum atomic E-state index is 12.9. The van der Waals surface area contributed by atoms with E-state index in [4.69, 9.17) is 0 Å². The SMILES string of the molecule is Cc1nc2ccccc2c(=O)n1-c1ccc(NS(=O)(=O)c2cccc([N+](=O)[O-])c2)cc1. The standard InChI is InChI=1S/C21H16N4O5S/c1-14-22-20-8-3-2-7-19(20)21(26)24(14)16-11-9-15(10-12-16)23-31(29,30)18-6-4-5-17(13-18)25(27)28/h2-13,23H,1H3. The number of nitrogens with one attached hydrogen (secondary N) is 1. The van der Waals surface area contributed by atoms with E-state index in [1.165, 1.54) is 34.9 Å². The summed E-state index contributed by atoms with van der Waals surface area (Å²) in [5.74, 6) is 0.494. The van der Waals surface area contributed by atoms with Crippen molar-refractivity contribution in [2.24, 2.45) is 0 Å². The van der Waals surface area contributed by atoms with Crippen LogP contribution in [0.1, 0.15) is 5.82 Å². The fraction of sp³-hybridized carbons (Fsp3) is 0.0476. The average molecular weight is 436 g/mol. The summed E-state index contributed by atoms with van der Waals surface area (Å²) in [5.41, 5.74) is 0.821. The molecule has 1 heterocycles. The molecule has 0 spiro atoms. The highest BCUT2D eigenvalue weighted by Gasteiger charge is 2.18. The molecule has 0 saturated carbocycles. The number of anilines is 1. The van der Waals surface area contributed by atoms with E-state index >= 15 is 0 Å². The van der Waals surface area contributed by atoms with Crippen LogP contribution in [0.3, 0.4) is 0 Å². The Balaban J connectivity index is 1.67. The minimum absolute atomic E-state index is 0.225. The van der Waals surface area contributed by atoms with Gasteiger partial charge in [-0.05, 0) is 49.4 Å². The number of non-ortho nitro benzene ring substituents is 1. The molecule has 156 valence electrons. The Kier molecular flexibility index (Phi) is 4.99. The van der Waals surface area contributed by atoms with E-state index in [9.17, 15) is 23.3 Å². The van der Waals surface area contributed by atoms with Crippen LogP contribution in [0.5, 0.6) is 0 Å². The maximum Gasteiger partial charge on any atom is 0.270 e. The summed E-state index contributed by atoms with van der Waals surface area (Å²) in [6.07, 6.45) is 0. The van der Waals surface area contributed by atoms with Crippen molar-refractivity contribution in [3.05, 3.63) is 99.1 Å². The Morgan fingerprint density at radius 1 is 1.00 bits per heavy atom. The molecule has 0 amide bonds. The van der Waals surface area contributed by atoms with Gasteiger partial charge in [-0.2, -0.15) is 0 Å². The number of nitrogens with zero attached hydrogens (tertiary/aromatic N) is 3. The monoisotopic (exact) mass is 436 g/mol. The summed E-state index contributed by atoms with van der Waals surface area (Å²) >= 11 is 0. The van der Waals surface area contributed by atoms with E-state index in [-0.39, 0.29) is 21.8 Å². The zero-order chi connectivity index (χ0) is 22.2. The Labute approximate surface area is 176 Å². The van der Waals surface area contributed by atoms with Crippen molar-refractivity contribution < 1.29 is 13.3 Å². The molecule has 4 rings (SSSR count). The molecule has 0 aliphatic rings. The van der Waals surface area contributed by atoms with Crippen LogP contribution in [0.25, 0.3) is 16.6 Å². The third-order valence-electron chi connectivity index (χ3n) is 4.66. The molecule has 0 saturated heterocycles. The highest BCUT2D eigenvalue weighted by molar-refractivity contribution is 7.92. The molecule has 0 fully saturated rings. The first kappa shape index (κ1) is 20.2. The summed E-state index contributed by atoms with van der Waals surface area (Å²) in [6.45, 7) is 1.72. The molecule has 1 aromatic heterocycles. The minimum atomic E-state index is -4.03. The van der Waals surface area contributed by atoms with Gasteiger partial charge in [-0.25, -0.2) is 13.4 Å². The first-order valence-electron chi connectivity index (χ1n) is 9.12. The molecule has 0 aliphatic heterocycles. The van der Waals surface area contributed by atoms with Gasteiger partial charge in [-0.3, -0.25) is 24.2 Å². The van der Waals surface area contributed by atoms with Crippen molar-refractivity contribution in [3.63, 3.8) is 0 Å². The van der Waals surface area contributed by atoms with E-state index in [0.29, 0.717) is 22.4 Å². The fourth-order valence-electron chi connectivity index (χ4n) is 3.20. The quantitative estimate of drug-likeness (QED) is 0.378. The van der Waals surface area contributed by atoms with Gasteiger partial charge >= 0.3 is 0 Å². The van der Waals surface area contributed by atoms with E-state index < -0.39 is 14.9 Å². The van der Waals surface area contributed by atoms with Crippen molar-refractivity contribution in [2.45, 2.75) is 11.8 Å². The number of fused-ring (bicyclic) bond motifs is 1. The van der Waals surface area contributed by atoms with Crippen LogP contribution in [0.15, 0.2) is 82.5 Å². The molecule has 9 nitrogen and oxygen atoms in total. The van der Waals surface area contributed by atoms with Crippen LogP contribution in [0, 0.1) is 17.0 Å². The molecule has 10 heteroatoms. The summed E-state index contributed by atoms with van der Waals surface area (Å²) in [4.78, 5) is 27.4. The molecule has 0 atom stereocenters. The second-order valence-corrected chi connectivity index (χ2v) is 8.41. The van der Waals surface area contributed by atoms with Gasteiger partial charge in [0, 0.05) is 17.8 Å². The molecule has 0 radical (unpaired) electrons. The van der Waals surface area contributed by atoms with Crippen LogP contribution < -0.4 is 10.3 Å². The molecule has 3 aromatic carbocycles. The molecule has 1 N–H and O–H groups in total. The van der Waals surface area contributed by atoms with Crippen molar-refractivity contribution in [1.82, 2.24) is 9.55 Å². The summed E-state index contributed by atoms with van der Waals surface area (Å²) in [5, 5.41) is 11.4. The molecular weight excluding hydrogens is 420 g/mol. The van der Waals surface area contributed by atoms with Crippen LogP contribution in [0.4, 0.5) is 11.4 Å². The number of nitro benzene ring substituents is 1. The van der Waals surface area contributed by atoms with E-state index in [0.717, 1.165) is 6.07 Å². The van der Waals surface area contributed by atoms with Crippen LogP contribution in [-0.4, -0.2) is 22.9 Å². The zero-order valence-corrected chi connectivity index (χ0v) is 17.0. The van der Waals surface area contributed by atoms with E-state index in [2.05, 4.69) is 9.71 Å². The maximum absolute atomic E-state index is 12.9. The van der Waals surface area contributed by atoms with Crippen LogP contribution in [-0.2, 0) is 10.0 Å². The molecule has 31 heavy (non-hydrogen) atoms. The lowest BCUT2D eigenvalue weighted by molar-refractivity contribution is -0.385. The van der Waals surface area contributed by atoms with Crippen LogP contribution >= 0.6 is 0 Å². The van der Waals surface area contributed by atoms with Gasteiger partial charge in [0.05, 0.1) is 26.4 Å². The Bertz CT molecular complexity index is 1480. The van der Waals surface area contributed by atoms with Gasteiger partial charge in [0.25, 0.3) is 21.3 Å². The Hall–Kier alpha value is -4.05. The number of nitro groups is 1. The normalized spacial score (nSPS) is 11.4. The largest absolute Gasteiger partial charge is 0.280 e. The highest BCUT2D eigenvalue weighted by atomic mass is 32.2. The van der Waals surface area contributed by atoms with Gasteiger partial charge in [0.2, 0.25) is 0 Å². The number of aryl methyl sites for hydroxylation is 1. The number of aromatic nitrogens is 2. The lowest BCUT2D eigenvalue weighted by Crippen LogP contribution is -2.22. The first-order valence-corrected chi connectivity index (χ1v) is 10.6. The van der Waals surface area contributed by atoms with E-state index in [1.807, 2.05) is 0 Å². The topological polar surface area (TPSA) is 124 Å². The van der Waals surface area contributed by atoms with Gasteiger partial charge in [-0.15, -0.1) is 0 Å². The molecule has 0 unspecified atom stereocenters. The predicted octanol–water partition coefficient (Wildman–Crippen LogP) is 3.40. The highest BCUT2D eigenvalue weighted by Crippen LogP contribution is 2.21. The van der Waals surface area contributed by atoms with Gasteiger partial charge in [0.1, 0.15) is 5.82 Å². The Morgan fingerprint density at radius 2 is 1.71 bits per heavy atom. The number of hydrogen-bond donors (Lipinski definition) is 1. The van der Waals surface area contributed by atoms with Crippen molar-refractivity contribution in [2.75, 3.05) is 4.72 Å². The number of benzene rings is 3. The lowest BCUT2D eigenvalue weighted by Gasteiger charge is -2.12. The molecule has 0 aliphatic carbocycles. The smallest absolute Gasteiger partial charge is 0.270 e. The third kappa shape index (κ3) is 3.88. The van der Waals surface area contributed by atoms with Gasteiger partial charge in [-0.1, -0.05) is 18.2 Å². The fourth-order valence-corrected chi connectivity index (χ4v) is 4.30. The number of rotatable bonds is 5. The van der Waals surface area contributed by atoms with Gasteiger partial charge < -0.3 is 0 Å². The third-order valence-corrected chi connectivity index (χ3v) is 6.04. The lowest BCUT2D eigenvalue weighted by atomic mass is 10.2. The summed E-state index contributed by atoms with van der Waals surface area (Å²) < 4.78 is 29.0. The van der Waals surface area contributed by atoms with Crippen molar-refractivity contribution in [3.8, 4) is 5.69 Å². The number of hydrogen-bond acceptors (Lipinski definition) is 6. The van der Waals surface area contributed by atoms with Crippen molar-refractivity contribution in [1.29, 1.82) is 0 Å². The minimum Gasteiger partial charge on any atom is -0.280 e. The predicted molar refractivity (Wildman–Crippen MR) is 116 cm³/mol. The van der Waals surface area contributed by atoms with Crippen LogP contribution in [0.2, 0.25) is 0 Å². The Morgan fingerprint density at radius 3 is 2.42 bits per heavy atom. The molecular formula is C21H16N4O5S. The van der Waals surface area contributed by atoms with Crippen molar-refractivity contribution >= 4 is 32.3 Å². The molecule has 4 aromatic rings. The van der Waals surface area contributed by atoms with Gasteiger partial charge in [0.15, 0.2) is 0 Å². The average Bonchev–Trinajstić information content (AvgIpc) is 2.75. The summed E-state index contributed by atoms with van der Waals surface area (Å²) in [6, 6.07) is 18.0.